The molecular weight excluding hydrogens is 562 g/mol. The zero-order chi connectivity index (χ0) is 31.0. The third-order valence-electron chi connectivity index (χ3n) is 7.09. The molecule has 0 aromatic heterocycles. The normalized spacial score (nSPS) is 15.1. The van der Waals surface area contributed by atoms with Crippen LogP contribution >= 0.6 is 11.8 Å². The van der Waals surface area contributed by atoms with Gasteiger partial charge in [0.25, 0.3) is 0 Å². The Kier molecular flexibility index (Phi) is 11.5. The average molecular weight is 602 g/mol. The summed E-state index contributed by atoms with van der Waals surface area (Å²) in [5.41, 5.74) is 2.74. The monoisotopic (exact) mass is 601 g/mol. The number of hydrogen-bond acceptors (Lipinski definition) is 10. The lowest BCUT2D eigenvalue weighted by atomic mass is 9.95. The van der Waals surface area contributed by atoms with Gasteiger partial charge in [-0.3, -0.25) is 14.4 Å². The van der Waals surface area contributed by atoms with Gasteiger partial charge in [-0.15, -0.1) is 0 Å². The number of anilines is 1. The lowest BCUT2D eigenvalue weighted by Gasteiger charge is -2.20. The fraction of sp³-hybridized carbons (Fsp3) is 0.467. The quantitative estimate of drug-likeness (QED) is 0.311. The summed E-state index contributed by atoms with van der Waals surface area (Å²) in [5, 5.41) is 8.73. The molecular formula is C30H39N3O8S. The van der Waals surface area contributed by atoms with Gasteiger partial charge in [0.05, 0.1) is 40.2 Å². The van der Waals surface area contributed by atoms with Crippen molar-refractivity contribution in [3.8, 4) is 28.4 Å². The fourth-order valence-corrected chi connectivity index (χ4v) is 5.54. The minimum Gasteiger partial charge on any atom is -0.493 e. The lowest BCUT2D eigenvalue weighted by molar-refractivity contribution is -0.144. The summed E-state index contributed by atoms with van der Waals surface area (Å²) in [4.78, 5) is 50.9. The minimum atomic E-state index is -0.856. The van der Waals surface area contributed by atoms with Crippen LogP contribution in [0.1, 0.15) is 43.9 Å². The molecule has 228 valence electrons. The van der Waals surface area contributed by atoms with Crippen LogP contribution in [0.15, 0.2) is 29.1 Å². The molecule has 0 aliphatic heterocycles. The number of hydrogen-bond donors (Lipinski definition) is 3. The molecule has 3 atom stereocenters. The number of benzene rings is 1. The summed E-state index contributed by atoms with van der Waals surface area (Å²) in [6.07, 6.45) is 3.42. The molecule has 11 nitrogen and oxygen atoms in total. The van der Waals surface area contributed by atoms with Crippen molar-refractivity contribution in [2.24, 2.45) is 0 Å². The number of methoxy groups -OCH3 is 4. The van der Waals surface area contributed by atoms with E-state index < -0.39 is 30.0 Å². The van der Waals surface area contributed by atoms with E-state index >= 15 is 0 Å². The molecule has 12 heteroatoms. The second-order valence-corrected chi connectivity index (χ2v) is 10.8. The van der Waals surface area contributed by atoms with E-state index in [-0.39, 0.29) is 17.0 Å². The molecule has 2 aromatic carbocycles. The molecule has 2 amide bonds. The van der Waals surface area contributed by atoms with Crippen molar-refractivity contribution >= 4 is 35.2 Å². The molecule has 2 aromatic rings. The summed E-state index contributed by atoms with van der Waals surface area (Å²) in [6.45, 7) is 2.97. The molecule has 1 aliphatic rings. The maximum atomic E-state index is 13.7. The van der Waals surface area contributed by atoms with Crippen LogP contribution < -0.4 is 35.6 Å². The number of nitrogens with one attached hydrogen (secondary N) is 3. The summed E-state index contributed by atoms with van der Waals surface area (Å²) in [7, 11) is 5.85. The highest BCUT2D eigenvalue weighted by atomic mass is 32.2. The Balaban J connectivity index is 2.19. The summed E-state index contributed by atoms with van der Waals surface area (Å²) in [5.74, 6) is 0.748. The van der Waals surface area contributed by atoms with Crippen molar-refractivity contribution in [1.29, 1.82) is 0 Å². The smallest absolute Gasteiger partial charge is 0.328 e. The van der Waals surface area contributed by atoms with Crippen molar-refractivity contribution in [2.75, 3.05) is 45.8 Å². The van der Waals surface area contributed by atoms with Gasteiger partial charge >= 0.3 is 5.97 Å². The van der Waals surface area contributed by atoms with Crippen molar-refractivity contribution < 1.29 is 33.3 Å². The number of aryl methyl sites for hydroxylation is 1. The Morgan fingerprint density at radius 1 is 1.05 bits per heavy atom. The number of thioether (sulfide) groups is 1. The van der Waals surface area contributed by atoms with Crippen molar-refractivity contribution in [2.45, 2.75) is 51.2 Å². The molecule has 3 rings (SSSR count). The number of ether oxygens (including phenoxy) is 4. The maximum Gasteiger partial charge on any atom is 0.328 e. The largest absolute Gasteiger partial charge is 0.493 e. The molecule has 0 saturated carbocycles. The number of carbonyl (C=O) groups is 3. The predicted octanol–water partition coefficient (Wildman–Crippen LogP) is 3.07. The molecule has 0 spiro atoms. The van der Waals surface area contributed by atoms with Crippen LogP contribution in [0.2, 0.25) is 0 Å². The van der Waals surface area contributed by atoms with Gasteiger partial charge < -0.3 is 34.9 Å². The molecule has 0 heterocycles. The Hall–Kier alpha value is -3.93. The number of esters is 1. The van der Waals surface area contributed by atoms with Crippen molar-refractivity contribution in [3.05, 3.63) is 45.6 Å². The first-order chi connectivity index (χ1) is 20.1. The highest BCUT2D eigenvalue weighted by Crippen LogP contribution is 2.50. The van der Waals surface area contributed by atoms with E-state index in [2.05, 4.69) is 16.0 Å². The van der Waals surface area contributed by atoms with Gasteiger partial charge in [-0.2, -0.15) is 11.8 Å². The van der Waals surface area contributed by atoms with E-state index in [0.29, 0.717) is 53.4 Å². The van der Waals surface area contributed by atoms with Crippen LogP contribution in [0.3, 0.4) is 0 Å². The molecule has 1 aliphatic carbocycles. The van der Waals surface area contributed by atoms with Gasteiger partial charge in [-0.05, 0) is 73.1 Å². The third kappa shape index (κ3) is 7.28. The topological polar surface area (TPSA) is 141 Å². The van der Waals surface area contributed by atoms with Gasteiger partial charge in [0.15, 0.2) is 11.5 Å². The molecule has 0 fully saturated rings. The Morgan fingerprint density at radius 2 is 1.76 bits per heavy atom. The second-order valence-electron chi connectivity index (χ2n) is 9.83. The lowest BCUT2D eigenvalue weighted by Crippen LogP contribution is -2.47. The van der Waals surface area contributed by atoms with Crippen LogP contribution in [0.4, 0.5) is 5.69 Å². The number of amides is 2. The van der Waals surface area contributed by atoms with E-state index in [9.17, 15) is 19.2 Å². The third-order valence-corrected chi connectivity index (χ3v) is 7.73. The minimum absolute atomic E-state index is 0.192. The summed E-state index contributed by atoms with van der Waals surface area (Å²) in [6, 6.07) is 4.67. The molecule has 3 N–H and O–H groups in total. The Labute approximate surface area is 250 Å². The number of carbonyl (C=O) groups excluding carboxylic acids is 3. The molecule has 42 heavy (non-hydrogen) atoms. The van der Waals surface area contributed by atoms with Gasteiger partial charge in [0.2, 0.25) is 23.0 Å². The number of fused-ring (bicyclic) bond motifs is 3. The van der Waals surface area contributed by atoms with Crippen LogP contribution in [-0.4, -0.2) is 70.3 Å². The van der Waals surface area contributed by atoms with Crippen LogP contribution in [0.5, 0.6) is 17.2 Å². The van der Waals surface area contributed by atoms with E-state index in [1.54, 1.807) is 31.0 Å². The van der Waals surface area contributed by atoms with Crippen LogP contribution in [0, 0.1) is 0 Å². The van der Waals surface area contributed by atoms with Crippen molar-refractivity contribution in [1.82, 2.24) is 10.6 Å². The standard InChI is InChI=1S/C30H39N3O8S/c1-16(30(37)41-6)31-29(36)23(12-13-42-7)33-22-11-9-19-20(15-24(22)35)21(32-17(2)34)10-8-18-14-25(38-3)27(39-4)28(40-5)26(18)19/h9,11,14-16,21,23H,8,10,12-13H2,1-7H3,(H,31,36)(H,32,34)(H,33,35)/t16-,21-,23-/m0/s1. The fourth-order valence-electron chi connectivity index (χ4n) is 5.07. The second kappa shape index (κ2) is 14.8. The van der Waals surface area contributed by atoms with Gasteiger partial charge in [-0.25, -0.2) is 4.79 Å². The zero-order valence-electron chi connectivity index (χ0n) is 25.0. The van der Waals surface area contributed by atoms with Gasteiger partial charge in [-0.1, -0.05) is 6.07 Å². The first-order valence-electron chi connectivity index (χ1n) is 13.5. The van der Waals surface area contributed by atoms with E-state index in [1.165, 1.54) is 41.2 Å². The molecule has 0 saturated heterocycles. The maximum absolute atomic E-state index is 13.7. The van der Waals surface area contributed by atoms with E-state index in [4.69, 9.17) is 18.9 Å². The van der Waals surface area contributed by atoms with Crippen molar-refractivity contribution in [3.63, 3.8) is 0 Å². The zero-order valence-corrected chi connectivity index (χ0v) is 25.9. The number of rotatable bonds is 12. The highest BCUT2D eigenvalue weighted by molar-refractivity contribution is 7.98. The first kappa shape index (κ1) is 32.6. The van der Waals surface area contributed by atoms with Crippen LogP contribution in [-0.2, 0) is 25.5 Å². The molecule has 0 unspecified atom stereocenters. The van der Waals surface area contributed by atoms with E-state index in [0.717, 1.165) is 11.1 Å². The van der Waals surface area contributed by atoms with Gasteiger partial charge in [0, 0.05) is 12.5 Å². The summed E-state index contributed by atoms with van der Waals surface area (Å²) < 4.78 is 21.8. The molecule has 0 bridgehead atoms. The Morgan fingerprint density at radius 3 is 2.36 bits per heavy atom. The van der Waals surface area contributed by atoms with Gasteiger partial charge in [0.1, 0.15) is 12.1 Å². The Bertz CT molecular complexity index is 1380. The van der Waals surface area contributed by atoms with E-state index in [1.807, 2.05) is 12.3 Å². The predicted molar refractivity (Wildman–Crippen MR) is 163 cm³/mol. The summed E-state index contributed by atoms with van der Waals surface area (Å²) >= 11 is 1.56. The van der Waals surface area contributed by atoms with Crippen LogP contribution in [0.25, 0.3) is 11.1 Å². The first-order valence-corrected chi connectivity index (χ1v) is 14.9. The SMILES string of the molecule is COC(=O)[C@H](C)NC(=O)[C@H](CCSC)Nc1ccc2c(cc1=O)[C@@H](NC(C)=O)CCc1cc(OC)c(OC)c(OC)c1-2. The average Bonchev–Trinajstić information content (AvgIpc) is 3.21. The molecule has 0 radical (unpaired) electrons. The highest BCUT2D eigenvalue weighted by Gasteiger charge is 2.30.